The van der Waals surface area contributed by atoms with Crippen LogP contribution >= 0.6 is 0 Å². The number of furan rings is 1. The predicted molar refractivity (Wildman–Crippen MR) is 85.6 cm³/mol. The lowest BCUT2D eigenvalue weighted by Gasteiger charge is -2.21. The van der Waals surface area contributed by atoms with Crippen LogP contribution in [0, 0.1) is 6.92 Å². The number of hydrogen-bond acceptors (Lipinski definition) is 4. The quantitative estimate of drug-likeness (QED) is 0.821. The van der Waals surface area contributed by atoms with Crippen molar-refractivity contribution in [3.63, 3.8) is 0 Å². The van der Waals surface area contributed by atoms with E-state index in [2.05, 4.69) is 29.1 Å². The van der Waals surface area contributed by atoms with Gasteiger partial charge < -0.3 is 9.15 Å². The first-order valence-electron chi connectivity index (χ1n) is 7.95. The molecular weight excluding hydrogens is 276 g/mol. The molecule has 118 valence electrons. The lowest BCUT2D eigenvalue weighted by Crippen LogP contribution is -2.29. The maximum absolute atomic E-state index is 6.21. The molecular formula is C18H24N2O2. The highest BCUT2D eigenvalue weighted by Crippen LogP contribution is 2.24. The van der Waals surface area contributed by atoms with Gasteiger partial charge in [0.15, 0.2) is 0 Å². The second-order valence-electron chi connectivity index (χ2n) is 6.30. The summed E-state index contributed by atoms with van der Waals surface area (Å²) in [6.45, 7) is 3.91. The fraction of sp³-hybridized carbons (Fsp3) is 0.500. The summed E-state index contributed by atoms with van der Waals surface area (Å²) < 4.78 is 11.3. The normalized spacial score (nSPS) is 21.6. The Labute approximate surface area is 132 Å². The van der Waals surface area contributed by atoms with Gasteiger partial charge in [-0.05, 0) is 57.0 Å². The molecule has 1 aliphatic rings. The van der Waals surface area contributed by atoms with Crippen molar-refractivity contribution in [3.05, 3.63) is 53.7 Å². The maximum atomic E-state index is 6.21. The molecule has 2 aromatic rings. The van der Waals surface area contributed by atoms with Crippen LogP contribution in [0.4, 0.5) is 0 Å². The van der Waals surface area contributed by atoms with Gasteiger partial charge in [0.25, 0.3) is 0 Å². The molecule has 4 heteroatoms. The van der Waals surface area contributed by atoms with E-state index in [0.717, 1.165) is 38.0 Å². The third kappa shape index (κ3) is 4.18. The fourth-order valence-electron chi connectivity index (χ4n) is 3.17. The van der Waals surface area contributed by atoms with Gasteiger partial charge in [0, 0.05) is 30.5 Å². The van der Waals surface area contributed by atoms with E-state index in [9.17, 15) is 0 Å². The van der Waals surface area contributed by atoms with Crippen LogP contribution in [0.5, 0.6) is 0 Å². The van der Waals surface area contributed by atoms with E-state index in [4.69, 9.17) is 9.15 Å². The van der Waals surface area contributed by atoms with E-state index in [1.807, 2.05) is 19.2 Å². The minimum atomic E-state index is 0.338. The van der Waals surface area contributed by atoms with Crippen LogP contribution in [-0.2, 0) is 17.7 Å². The topological polar surface area (TPSA) is 38.5 Å². The molecule has 0 N–H and O–H groups in total. The molecule has 0 aromatic carbocycles. The Kier molecular flexibility index (Phi) is 4.90. The zero-order valence-electron chi connectivity index (χ0n) is 13.4. The Morgan fingerprint density at radius 2 is 2.09 bits per heavy atom. The zero-order chi connectivity index (χ0) is 15.4. The number of aromatic nitrogens is 1. The van der Waals surface area contributed by atoms with E-state index in [1.165, 1.54) is 11.1 Å². The van der Waals surface area contributed by atoms with Gasteiger partial charge >= 0.3 is 0 Å². The summed E-state index contributed by atoms with van der Waals surface area (Å²) in [7, 11) is 2.13. The molecule has 3 rings (SSSR count). The van der Waals surface area contributed by atoms with Crippen molar-refractivity contribution in [1.82, 2.24) is 9.88 Å². The molecule has 22 heavy (non-hydrogen) atoms. The van der Waals surface area contributed by atoms with Crippen molar-refractivity contribution < 1.29 is 9.15 Å². The van der Waals surface area contributed by atoms with Gasteiger partial charge in [-0.2, -0.15) is 0 Å². The average molecular weight is 300 g/mol. The zero-order valence-corrected chi connectivity index (χ0v) is 13.4. The van der Waals surface area contributed by atoms with Gasteiger partial charge in [-0.25, -0.2) is 0 Å². The first kappa shape index (κ1) is 15.3. The molecule has 2 atom stereocenters. The summed E-state index contributed by atoms with van der Waals surface area (Å²) >= 11 is 0. The second kappa shape index (κ2) is 7.07. The Bertz CT molecular complexity index is 583. The lowest BCUT2D eigenvalue weighted by molar-refractivity contribution is 0.0267. The Hall–Kier alpha value is -1.65. The molecule has 2 aromatic heterocycles. The standard InChI is InChI=1S/C18H24N2O2/c1-14-9-15(5-7-19-14)10-17-3-4-18(22-17)12-20(2)11-16-6-8-21-13-16/h5-9,13,17-18H,3-4,10-12H2,1-2H3/t17-,18+/m0/s1. The summed E-state index contributed by atoms with van der Waals surface area (Å²) in [4.78, 5) is 6.55. The molecule has 0 amide bonds. The van der Waals surface area contributed by atoms with E-state index >= 15 is 0 Å². The van der Waals surface area contributed by atoms with E-state index < -0.39 is 0 Å². The monoisotopic (exact) mass is 300 g/mol. The van der Waals surface area contributed by atoms with E-state index in [-0.39, 0.29) is 0 Å². The molecule has 1 fully saturated rings. The highest BCUT2D eigenvalue weighted by atomic mass is 16.5. The number of hydrogen-bond donors (Lipinski definition) is 0. The summed E-state index contributed by atoms with van der Waals surface area (Å²) in [5, 5.41) is 0. The number of rotatable bonds is 6. The van der Waals surface area contributed by atoms with Crippen LogP contribution < -0.4 is 0 Å². The van der Waals surface area contributed by atoms with Gasteiger partial charge in [0.1, 0.15) is 0 Å². The molecule has 0 unspecified atom stereocenters. The van der Waals surface area contributed by atoms with Gasteiger partial charge in [0.2, 0.25) is 0 Å². The summed E-state index contributed by atoms with van der Waals surface area (Å²) in [6, 6.07) is 6.26. The number of nitrogens with zero attached hydrogens (tertiary/aromatic N) is 2. The molecule has 0 saturated carbocycles. The molecule has 4 nitrogen and oxygen atoms in total. The second-order valence-corrected chi connectivity index (χ2v) is 6.30. The van der Waals surface area contributed by atoms with Gasteiger partial charge in [-0.15, -0.1) is 0 Å². The molecule has 0 bridgehead atoms. The van der Waals surface area contributed by atoms with Crippen LogP contribution in [0.25, 0.3) is 0 Å². The smallest absolute Gasteiger partial charge is 0.0947 e. The minimum absolute atomic E-state index is 0.338. The molecule has 3 heterocycles. The van der Waals surface area contributed by atoms with Crippen LogP contribution in [0.2, 0.25) is 0 Å². The molecule has 1 saturated heterocycles. The number of likely N-dealkylation sites (N-methyl/N-ethyl adjacent to an activating group) is 1. The summed E-state index contributed by atoms with van der Waals surface area (Å²) in [5.74, 6) is 0. The van der Waals surface area contributed by atoms with E-state index in [0.29, 0.717) is 12.2 Å². The minimum Gasteiger partial charge on any atom is -0.472 e. The maximum Gasteiger partial charge on any atom is 0.0947 e. The van der Waals surface area contributed by atoms with Gasteiger partial charge in [-0.1, -0.05) is 0 Å². The van der Waals surface area contributed by atoms with Crippen molar-refractivity contribution in [1.29, 1.82) is 0 Å². The van der Waals surface area contributed by atoms with Crippen molar-refractivity contribution in [3.8, 4) is 0 Å². The average Bonchev–Trinajstić information content (AvgIpc) is 3.11. The molecule has 0 radical (unpaired) electrons. The number of ether oxygens (including phenoxy) is 1. The van der Waals surface area contributed by atoms with Crippen LogP contribution in [0.3, 0.4) is 0 Å². The summed E-state index contributed by atoms with van der Waals surface area (Å²) in [6.07, 6.45) is 9.37. The third-order valence-electron chi connectivity index (χ3n) is 4.17. The summed E-state index contributed by atoms with van der Waals surface area (Å²) in [5.41, 5.74) is 3.61. The lowest BCUT2D eigenvalue weighted by atomic mass is 10.1. The first-order chi connectivity index (χ1) is 10.7. The first-order valence-corrected chi connectivity index (χ1v) is 7.95. The highest BCUT2D eigenvalue weighted by Gasteiger charge is 2.26. The fourth-order valence-corrected chi connectivity index (χ4v) is 3.17. The van der Waals surface area contributed by atoms with Crippen LogP contribution in [0.15, 0.2) is 41.3 Å². The molecule has 0 aliphatic carbocycles. The van der Waals surface area contributed by atoms with Gasteiger partial charge in [-0.3, -0.25) is 9.88 Å². The van der Waals surface area contributed by atoms with Crippen LogP contribution in [-0.4, -0.2) is 35.7 Å². The number of pyridine rings is 1. The Morgan fingerprint density at radius 1 is 1.23 bits per heavy atom. The predicted octanol–water partition coefficient (Wildman–Crippen LogP) is 3.21. The van der Waals surface area contributed by atoms with Crippen LogP contribution in [0.1, 0.15) is 29.7 Å². The van der Waals surface area contributed by atoms with Crippen molar-refractivity contribution in [2.24, 2.45) is 0 Å². The van der Waals surface area contributed by atoms with Gasteiger partial charge in [0.05, 0.1) is 24.7 Å². The Morgan fingerprint density at radius 3 is 2.86 bits per heavy atom. The Balaban J connectivity index is 1.45. The number of aryl methyl sites for hydroxylation is 1. The third-order valence-corrected chi connectivity index (χ3v) is 4.17. The van der Waals surface area contributed by atoms with Crippen molar-refractivity contribution in [2.75, 3.05) is 13.6 Å². The van der Waals surface area contributed by atoms with Crippen molar-refractivity contribution in [2.45, 2.75) is 44.9 Å². The van der Waals surface area contributed by atoms with E-state index in [1.54, 1.807) is 12.5 Å². The SMILES string of the molecule is Cc1cc(C[C@@H]2CC[C@H](CN(C)Cc3ccoc3)O2)ccn1. The molecule has 1 aliphatic heterocycles. The van der Waals surface area contributed by atoms with Crippen molar-refractivity contribution >= 4 is 0 Å². The molecule has 0 spiro atoms. The highest BCUT2D eigenvalue weighted by molar-refractivity contribution is 5.16. The largest absolute Gasteiger partial charge is 0.472 e.